The normalized spacial score (nSPS) is 19.9. The fourth-order valence-electron chi connectivity index (χ4n) is 2.39. The summed E-state index contributed by atoms with van der Waals surface area (Å²) in [4.78, 5) is 14.0. The number of nitrogens with zero attached hydrogens (tertiary/aromatic N) is 1. The first kappa shape index (κ1) is 14.1. The van der Waals surface area contributed by atoms with Gasteiger partial charge in [-0.25, -0.2) is 8.42 Å². The van der Waals surface area contributed by atoms with Crippen molar-refractivity contribution in [3.63, 3.8) is 0 Å². The van der Waals surface area contributed by atoms with Gasteiger partial charge in [-0.1, -0.05) is 30.3 Å². The van der Waals surface area contributed by atoms with Gasteiger partial charge in [-0.05, 0) is 18.4 Å². The fourth-order valence-corrected chi connectivity index (χ4v) is 3.10. The maximum Gasteiger partial charge on any atom is 0.226 e. The summed E-state index contributed by atoms with van der Waals surface area (Å²) >= 11 is 0. The van der Waals surface area contributed by atoms with Crippen LogP contribution in [0.1, 0.15) is 18.4 Å². The Bertz CT molecular complexity index is 539. The van der Waals surface area contributed by atoms with E-state index in [1.54, 1.807) is 0 Å². The number of sulfone groups is 1. The molecule has 2 rings (SSSR count). The van der Waals surface area contributed by atoms with E-state index >= 15 is 0 Å². The van der Waals surface area contributed by atoms with Crippen LogP contribution in [0.3, 0.4) is 0 Å². The highest BCUT2D eigenvalue weighted by Crippen LogP contribution is 2.23. The van der Waals surface area contributed by atoms with Gasteiger partial charge >= 0.3 is 0 Å². The lowest BCUT2D eigenvalue weighted by atomic mass is 10.1. The maximum atomic E-state index is 12.2. The van der Waals surface area contributed by atoms with E-state index in [4.69, 9.17) is 0 Å². The molecule has 1 atom stereocenters. The predicted molar refractivity (Wildman–Crippen MR) is 74.3 cm³/mol. The van der Waals surface area contributed by atoms with Gasteiger partial charge in [0, 0.05) is 25.3 Å². The second-order valence-electron chi connectivity index (χ2n) is 5.15. The standard InChI is InChI=1S/C14H19NO3S/c1-19(17,18)10-8-13-7-9-15(14(13)16)11-12-5-3-2-4-6-12/h2-6,13H,7-11H2,1H3. The first-order chi connectivity index (χ1) is 8.96. The summed E-state index contributed by atoms with van der Waals surface area (Å²) in [6.45, 7) is 1.34. The van der Waals surface area contributed by atoms with Crippen LogP contribution in [0.15, 0.2) is 30.3 Å². The largest absolute Gasteiger partial charge is 0.338 e. The molecule has 0 aromatic heterocycles. The Morgan fingerprint density at radius 3 is 2.58 bits per heavy atom. The molecule has 1 aromatic rings. The third-order valence-corrected chi connectivity index (χ3v) is 4.44. The molecule has 1 saturated heterocycles. The molecule has 1 aliphatic heterocycles. The summed E-state index contributed by atoms with van der Waals surface area (Å²) in [5.41, 5.74) is 1.11. The highest BCUT2D eigenvalue weighted by Gasteiger charge is 2.31. The molecule has 0 bridgehead atoms. The van der Waals surface area contributed by atoms with Crippen LogP contribution in [0, 0.1) is 5.92 Å². The quantitative estimate of drug-likeness (QED) is 0.821. The molecular formula is C14H19NO3S. The number of likely N-dealkylation sites (tertiary alicyclic amines) is 1. The number of hydrogen-bond donors (Lipinski definition) is 0. The van der Waals surface area contributed by atoms with E-state index in [-0.39, 0.29) is 17.6 Å². The number of carbonyl (C=O) groups is 1. The Kier molecular flexibility index (Phi) is 4.24. The van der Waals surface area contributed by atoms with E-state index in [1.807, 2.05) is 35.2 Å². The second kappa shape index (κ2) is 5.74. The summed E-state index contributed by atoms with van der Waals surface area (Å²) in [5.74, 6) is 0.0636. The summed E-state index contributed by atoms with van der Waals surface area (Å²) in [5, 5.41) is 0. The van der Waals surface area contributed by atoms with Crippen LogP contribution < -0.4 is 0 Å². The van der Waals surface area contributed by atoms with Crippen LogP contribution in [0.25, 0.3) is 0 Å². The van der Waals surface area contributed by atoms with Crippen molar-refractivity contribution in [2.45, 2.75) is 19.4 Å². The van der Waals surface area contributed by atoms with E-state index < -0.39 is 9.84 Å². The zero-order valence-corrected chi connectivity index (χ0v) is 11.9. The van der Waals surface area contributed by atoms with Crippen molar-refractivity contribution in [1.82, 2.24) is 4.90 Å². The molecule has 1 aromatic carbocycles. The van der Waals surface area contributed by atoms with E-state index in [1.165, 1.54) is 6.26 Å². The molecule has 0 aliphatic carbocycles. The van der Waals surface area contributed by atoms with Crippen LogP contribution in [-0.4, -0.2) is 37.8 Å². The number of benzene rings is 1. The van der Waals surface area contributed by atoms with Crippen molar-refractivity contribution >= 4 is 15.7 Å². The van der Waals surface area contributed by atoms with Gasteiger partial charge in [0.2, 0.25) is 5.91 Å². The lowest BCUT2D eigenvalue weighted by Crippen LogP contribution is -2.27. The molecule has 4 nitrogen and oxygen atoms in total. The summed E-state index contributed by atoms with van der Waals surface area (Å²) in [6, 6.07) is 9.85. The molecule has 0 N–H and O–H groups in total. The Labute approximate surface area is 114 Å². The molecule has 1 aliphatic rings. The van der Waals surface area contributed by atoms with Crippen LogP contribution in [-0.2, 0) is 21.2 Å². The van der Waals surface area contributed by atoms with Gasteiger partial charge in [0.1, 0.15) is 9.84 Å². The number of amides is 1. The highest BCUT2D eigenvalue weighted by atomic mass is 32.2. The lowest BCUT2D eigenvalue weighted by molar-refractivity contribution is -0.131. The molecule has 1 fully saturated rings. The molecule has 0 spiro atoms. The van der Waals surface area contributed by atoms with Gasteiger partial charge in [-0.2, -0.15) is 0 Å². The highest BCUT2D eigenvalue weighted by molar-refractivity contribution is 7.90. The van der Waals surface area contributed by atoms with Crippen molar-refractivity contribution in [3.05, 3.63) is 35.9 Å². The number of carbonyl (C=O) groups excluding carboxylic acids is 1. The molecular weight excluding hydrogens is 262 g/mol. The van der Waals surface area contributed by atoms with Crippen LogP contribution in [0.4, 0.5) is 0 Å². The van der Waals surface area contributed by atoms with Gasteiger partial charge in [-0.3, -0.25) is 4.79 Å². The molecule has 19 heavy (non-hydrogen) atoms. The van der Waals surface area contributed by atoms with Crippen molar-refractivity contribution in [1.29, 1.82) is 0 Å². The zero-order chi connectivity index (χ0) is 13.9. The van der Waals surface area contributed by atoms with Crippen molar-refractivity contribution in [2.24, 2.45) is 5.92 Å². The Balaban J connectivity index is 1.91. The van der Waals surface area contributed by atoms with Crippen molar-refractivity contribution in [2.75, 3.05) is 18.6 Å². The third-order valence-electron chi connectivity index (χ3n) is 3.46. The molecule has 1 amide bonds. The monoisotopic (exact) mass is 281 g/mol. The maximum absolute atomic E-state index is 12.2. The number of hydrogen-bond acceptors (Lipinski definition) is 3. The van der Waals surface area contributed by atoms with E-state index in [2.05, 4.69) is 0 Å². The lowest BCUT2D eigenvalue weighted by Gasteiger charge is -2.16. The fraction of sp³-hybridized carbons (Fsp3) is 0.500. The predicted octanol–water partition coefficient (Wildman–Crippen LogP) is 1.47. The van der Waals surface area contributed by atoms with Crippen LogP contribution in [0.2, 0.25) is 0 Å². The van der Waals surface area contributed by atoms with Gasteiger partial charge < -0.3 is 4.90 Å². The topological polar surface area (TPSA) is 54.5 Å². The van der Waals surface area contributed by atoms with E-state index in [0.29, 0.717) is 13.0 Å². The van der Waals surface area contributed by atoms with Crippen LogP contribution in [0.5, 0.6) is 0 Å². The van der Waals surface area contributed by atoms with Crippen LogP contribution >= 0.6 is 0 Å². The average molecular weight is 281 g/mol. The summed E-state index contributed by atoms with van der Waals surface area (Å²) < 4.78 is 22.3. The molecule has 5 heteroatoms. The molecule has 1 heterocycles. The minimum absolute atomic E-state index is 0.0903. The van der Waals surface area contributed by atoms with Crippen molar-refractivity contribution < 1.29 is 13.2 Å². The Morgan fingerprint density at radius 2 is 1.95 bits per heavy atom. The van der Waals surface area contributed by atoms with Gasteiger partial charge in [0.05, 0.1) is 5.75 Å². The first-order valence-corrected chi connectivity index (χ1v) is 8.52. The minimum Gasteiger partial charge on any atom is -0.338 e. The Hall–Kier alpha value is -1.36. The smallest absolute Gasteiger partial charge is 0.226 e. The van der Waals surface area contributed by atoms with Gasteiger partial charge in [-0.15, -0.1) is 0 Å². The minimum atomic E-state index is -2.98. The Morgan fingerprint density at radius 1 is 1.26 bits per heavy atom. The van der Waals surface area contributed by atoms with Gasteiger partial charge in [0.15, 0.2) is 0 Å². The molecule has 104 valence electrons. The average Bonchev–Trinajstić information content (AvgIpc) is 2.69. The van der Waals surface area contributed by atoms with E-state index in [0.717, 1.165) is 18.5 Å². The van der Waals surface area contributed by atoms with Gasteiger partial charge in [0.25, 0.3) is 0 Å². The summed E-state index contributed by atoms with van der Waals surface area (Å²) in [7, 11) is -2.98. The summed E-state index contributed by atoms with van der Waals surface area (Å²) in [6.07, 6.45) is 2.43. The SMILES string of the molecule is CS(=O)(=O)CCC1CCN(Cc2ccccc2)C1=O. The second-order valence-corrected chi connectivity index (χ2v) is 7.41. The molecule has 0 saturated carbocycles. The first-order valence-electron chi connectivity index (χ1n) is 6.46. The molecule has 0 radical (unpaired) electrons. The molecule has 1 unspecified atom stereocenters. The van der Waals surface area contributed by atoms with E-state index in [9.17, 15) is 13.2 Å². The number of rotatable bonds is 5. The zero-order valence-electron chi connectivity index (χ0n) is 11.1. The third kappa shape index (κ3) is 4.06. The van der Waals surface area contributed by atoms with Crippen molar-refractivity contribution in [3.8, 4) is 0 Å².